The summed E-state index contributed by atoms with van der Waals surface area (Å²) in [6.07, 6.45) is 10.4. The van der Waals surface area contributed by atoms with E-state index in [1.807, 2.05) is 34.3 Å². The SMILES string of the molecule is O=C(CN1CCN(c2nccs2)CC1)N1c2ccccc2S[C@@H]2C=CC=C[C@@H]21. The third-order valence-electron chi connectivity index (χ3n) is 5.43. The highest BCUT2D eigenvalue weighted by Crippen LogP contribution is 2.43. The number of thiazole rings is 1. The smallest absolute Gasteiger partial charge is 0.241 e. The maximum Gasteiger partial charge on any atom is 0.241 e. The molecular formula is C21H22N4OS2. The van der Waals surface area contributed by atoms with Gasteiger partial charge in [-0.25, -0.2) is 4.98 Å². The number of anilines is 2. The number of hydrogen-bond donors (Lipinski definition) is 0. The van der Waals surface area contributed by atoms with Crippen LogP contribution >= 0.6 is 23.1 Å². The summed E-state index contributed by atoms with van der Waals surface area (Å²) in [6, 6.07) is 8.36. The molecule has 1 saturated heterocycles. The number of benzene rings is 1. The van der Waals surface area contributed by atoms with Gasteiger partial charge < -0.3 is 9.80 Å². The van der Waals surface area contributed by atoms with Crippen molar-refractivity contribution < 1.29 is 4.79 Å². The predicted octanol–water partition coefficient (Wildman–Crippen LogP) is 3.27. The number of para-hydroxylation sites is 1. The van der Waals surface area contributed by atoms with Crippen LogP contribution in [0.15, 0.2) is 65.0 Å². The van der Waals surface area contributed by atoms with Gasteiger partial charge >= 0.3 is 0 Å². The number of nitrogens with zero attached hydrogens (tertiary/aromatic N) is 4. The summed E-state index contributed by atoms with van der Waals surface area (Å²) in [7, 11) is 0. The minimum Gasteiger partial charge on any atom is -0.346 e. The van der Waals surface area contributed by atoms with Crippen molar-refractivity contribution in [2.75, 3.05) is 42.5 Å². The normalized spacial score (nSPS) is 24.1. The van der Waals surface area contributed by atoms with Gasteiger partial charge in [0.05, 0.1) is 23.5 Å². The van der Waals surface area contributed by atoms with E-state index < -0.39 is 0 Å². The van der Waals surface area contributed by atoms with Gasteiger partial charge in [-0.3, -0.25) is 9.69 Å². The minimum absolute atomic E-state index is 0.0917. The van der Waals surface area contributed by atoms with Gasteiger partial charge in [0.2, 0.25) is 5.91 Å². The lowest BCUT2D eigenvalue weighted by atomic mass is 10.0. The predicted molar refractivity (Wildman–Crippen MR) is 116 cm³/mol. The van der Waals surface area contributed by atoms with E-state index in [9.17, 15) is 4.79 Å². The minimum atomic E-state index is 0.0917. The number of amides is 1. The fraction of sp³-hybridized carbons (Fsp3) is 0.333. The number of carbonyl (C=O) groups is 1. The van der Waals surface area contributed by atoms with Gasteiger partial charge in [-0.15, -0.1) is 23.1 Å². The molecule has 0 spiro atoms. The van der Waals surface area contributed by atoms with Crippen LogP contribution in [0.3, 0.4) is 0 Å². The molecule has 0 unspecified atom stereocenters. The Morgan fingerprint density at radius 2 is 1.93 bits per heavy atom. The number of thioether (sulfide) groups is 1. The molecule has 144 valence electrons. The second-order valence-corrected chi connectivity index (χ2v) is 9.25. The van der Waals surface area contributed by atoms with Crippen LogP contribution < -0.4 is 9.80 Å². The van der Waals surface area contributed by atoms with Crippen LogP contribution in [0.25, 0.3) is 0 Å². The van der Waals surface area contributed by atoms with Gasteiger partial charge in [0.25, 0.3) is 0 Å². The van der Waals surface area contributed by atoms with Gasteiger partial charge in [0.15, 0.2) is 5.13 Å². The average molecular weight is 411 g/mol. The Morgan fingerprint density at radius 3 is 2.75 bits per heavy atom. The fourth-order valence-electron chi connectivity index (χ4n) is 4.02. The monoisotopic (exact) mass is 410 g/mol. The van der Waals surface area contributed by atoms with Gasteiger partial charge in [0.1, 0.15) is 0 Å². The molecule has 1 aromatic heterocycles. The van der Waals surface area contributed by atoms with E-state index in [4.69, 9.17) is 0 Å². The first-order valence-electron chi connectivity index (χ1n) is 9.59. The molecule has 1 fully saturated rings. The Hall–Kier alpha value is -2.09. The molecule has 0 N–H and O–H groups in total. The zero-order valence-electron chi connectivity index (χ0n) is 15.5. The quantitative estimate of drug-likeness (QED) is 0.777. The number of hydrogen-bond acceptors (Lipinski definition) is 6. The van der Waals surface area contributed by atoms with E-state index in [0.717, 1.165) is 37.0 Å². The molecule has 3 heterocycles. The standard InChI is InChI=1S/C21H22N4OS2/c26-20(15-23-10-12-24(13-11-23)21-22-9-14-27-21)25-16-5-1-3-7-18(16)28-19-8-4-2-6-17(19)25/h1-9,14,16,18H,10-13,15H2/t16-,18+/m0/s1. The average Bonchev–Trinajstić information content (AvgIpc) is 3.27. The van der Waals surface area contributed by atoms with Crippen LogP contribution in [-0.2, 0) is 4.79 Å². The summed E-state index contributed by atoms with van der Waals surface area (Å²) in [6.45, 7) is 4.08. The summed E-state index contributed by atoms with van der Waals surface area (Å²) in [5.74, 6) is 0.186. The number of allylic oxidation sites excluding steroid dienone is 2. The zero-order chi connectivity index (χ0) is 18.9. The molecule has 0 saturated carbocycles. The van der Waals surface area contributed by atoms with Crippen molar-refractivity contribution in [3.05, 3.63) is 60.1 Å². The third-order valence-corrected chi connectivity index (χ3v) is 7.57. The van der Waals surface area contributed by atoms with Crippen LogP contribution in [0.5, 0.6) is 0 Å². The maximum absolute atomic E-state index is 13.4. The van der Waals surface area contributed by atoms with E-state index in [-0.39, 0.29) is 17.2 Å². The molecule has 28 heavy (non-hydrogen) atoms. The number of fused-ring (bicyclic) bond motifs is 2. The number of carbonyl (C=O) groups excluding carboxylic acids is 1. The summed E-state index contributed by atoms with van der Waals surface area (Å²) in [5.41, 5.74) is 1.04. The van der Waals surface area contributed by atoms with Gasteiger partial charge in [0, 0.05) is 42.7 Å². The van der Waals surface area contributed by atoms with Crippen molar-refractivity contribution in [2.45, 2.75) is 16.2 Å². The van der Waals surface area contributed by atoms with E-state index in [1.54, 1.807) is 11.3 Å². The Kier molecular flexibility index (Phi) is 4.96. The second-order valence-electron chi connectivity index (χ2n) is 7.15. The van der Waals surface area contributed by atoms with Gasteiger partial charge in [-0.1, -0.05) is 36.4 Å². The highest BCUT2D eigenvalue weighted by molar-refractivity contribution is 8.00. The Bertz CT molecular complexity index is 903. The van der Waals surface area contributed by atoms with E-state index in [0.29, 0.717) is 6.54 Å². The molecule has 2 atom stereocenters. The molecule has 1 amide bonds. The van der Waals surface area contributed by atoms with Crippen LogP contribution in [-0.4, -0.2) is 59.8 Å². The largest absolute Gasteiger partial charge is 0.346 e. The Morgan fingerprint density at radius 1 is 1.11 bits per heavy atom. The van der Waals surface area contributed by atoms with Crippen molar-refractivity contribution in [3.63, 3.8) is 0 Å². The van der Waals surface area contributed by atoms with Crippen molar-refractivity contribution in [1.29, 1.82) is 0 Å². The molecule has 5 nitrogen and oxygen atoms in total. The van der Waals surface area contributed by atoms with E-state index in [2.05, 4.69) is 57.3 Å². The molecule has 3 aliphatic rings. The fourth-order valence-corrected chi connectivity index (χ4v) is 5.97. The summed E-state index contributed by atoms with van der Waals surface area (Å²) in [5, 5.41) is 3.38. The van der Waals surface area contributed by atoms with Crippen molar-refractivity contribution in [2.24, 2.45) is 0 Å². The third kappa shape index (κ3) is 3.38. The van der Waals surface area contributed by atoms with Crippen LogP contribution in [0.1, 0.15) is 0 Å². The molecular weight excluding hydrogens is 388 g/mol. The topological polar surface area (TPSA) is 39.7 Å². The van der Waals surface area contributed by atoms with Crippen LogP contribution in [0, 0.1) is 0 Å². The Balaban J connectivity index is 1.30. The first-order chi connectivity index (χ1) is 13.8. The number of piperazine rings is 1. The molecule has 2 aromatic rings. The highest BCUT2D eigenvalue weighted by Gasteiger charge is 2.37. The molecule has 0 radical (unpaired) electrons. The maximum atomic E-state index is 13.4. The van der Waals surface area contributed by atoms with Crippen LogP contribution in [0.2, 0.25) is 0 Å². The lowest BCUT2D eigenvalue weighted by molar-refractivity contribution is -0.120. The second kappa shape index (κ2) is 7.73. The molecule has 5 rings (SSSR count). The van der Waals surface area contributed by atoms with Crippen LogP contribution in [0.4, 0.5) is 10.8 Å². The molecule has 1 aromatic carbocycles. The van der Waals surface area contributed by atoms with Crippen molar-refractivity contribution in [3.8, 4) is 0 Å². The Labute approximate surface area is 173 Å². The highest BCUT2D eigenvalue weighted by atomic mass is 32.2. The van der Waals surface area contributed by atoms with Crippen molar-refractivity contribution >= 4 is 39.8 Å². The molecule has 2 aliphatic heterocycles. The first-order valence-corrected chi connectivity index (χ1v) is 11.3. The number of rotatable bonds is 3. The van der Waals surface area contributed by atoms with Gasteiger partial charge in [-0.2, -0.15) is 0 Å². The zero-order valence-corrected chi connectivity index (χ0v) is 17.1. The molecule has 0 bridgehead atoms. The molecule has 1 aliphatic carbocycles. The summed E-state index contributed by atoms with van der Waals surface area (Å²) >= 11 is 3.53. The van der Waals surface area contributed by atoms with Crippen molar-refractivity contribution in [1.82, 2.24) is 9.88 Å². The van der Waals surface area contributed by atoms with Gasteiger partial charge in [-0.05, 0) is 12.1 Å². The number of aromatic nitrogens is 1. The lowest BCUT2D eigenvalue weighted by Gasteiger charge is -2.42. The van der Waals surface area contributed by atoms with E-state index >= 15 is 0 Å². The molecule has 7 heteroatoms. The summed E-state index contributed by atoms with van der Waals surface area (Å²) in [4.78, 5) is 25.6. The first kappa shape index (κ1) is 18.0. The summed E-state index contributed by atoms with van der Waals surface area (Å²) < 4.78 is 0. The lowest BCUT2D eigenvalue weighted by Crippen LogP contribution is -2.54. The van der Waals surface area contributed by atoms with E-state index in [1.165, 1.54) is 4.90 Å².